The second-order valence-corrected chi connectivity index (χ2v) is 4.37. The maximum Gasteiger partial charge on any atom is 3.00 e. The fraction of sp³-hybridized carbons (Fsp3) is 0.125. The average molecular weight is 357 g/mol. The van der Waals surface area contributed by atoms with Crippen LogP contribution >= 0.6 is 0 Å². The molecule has 0 bridgehead atoms. The summed E-state index contributed by atoms with van der Waals surface area (Å²) in [6, 6.07) is 18.4. The maximum absolute atomic E-state index is 3.30. The van der Waals surface area contributed by atoms with E-state index in [2.05, 4.69) is 56.3 Å². The molecule has 3 aromatic carbocycles. The van der Waals surface area contributed by atoms with Crippen LogP contribution in [0.3, 0.4) is 0 Å². The molecule has 17 heavy (non-hydrogen) atoms. The summed E-state index contributed by atoms with van der Waals surface area (Å²) < 4.78 is 0. The zero-order valence-electron chi connectivity index (χ0n) is 9.92. The van der Waals surface area contributed by atoms with E-state index in [9.17, 15) is 0 Å². The van der Waals surface area contributed by atoms with Crippen LogP contribution in [0.25, 0.3) is 21.5 Å². The van der Waals surface area contributed by atoms with Crippen molar-refractivity contribution in [2.75, 3.05) is 0 Å². The van der Waals surface area contributed by atoms with Crippen molar-refractivity contribution >= 4 is 21.5 Å². The van der Waals surface area contributed by atoms with E-state index >= 15 is 0 Å². The molecule has 82 valence electrons. The predicted molar refractivity (Wildman–Crippen MR) is 69.8 cm³/mol. The molecule has 0 saturated heterocycles. The van der Waals surface area contributed by atoms with Crippen LogP contribution < -0.4 is 0 Å². The maximum atomic E-state index is 3.30. The van der Waals surface area contributed by atoms with Gasteiger partial charge in [0, 0.05) is 0 Å². The third kappa shape index (κ3) is 2.34. The fourth-order valence-corrected chi connectivity index (χ4v) is 2.33. The first-order valence-electron chi connectivity index (χ1n) is 5.56. The minimum Gasteiger partial charge on any atom is -0.147 e. The van der Waals surface area contributed by atoms with Crippen LogP contribution in [0.15, 0.2) is 42.5 Å². The minimum absolute atomic E-state index is 0. The van der Waals surface area contributed by atoms with Crippen LogP contribution in [0, 0.1) is 69.3 Å². The van der Waals surface area contributed by atoms with Crippen LogP contribution in [0.4, 0.5) is 0 Å². The van der Waals surface area contributed by atoms with E-state index in [-0.39, 0.29) is 49.4 Å². The van der Waals surface area contributed by atoms with Crippen LogP contribution in [0.2, 0.25) is 0 Å². The van der Waals surface area contributed by atoms with Crippen molar-refractivity contribution in [3.8, 4) is 0 Å². The van der Waals surface area contributed by atoms with E-state index in [0.717, 1.165) is 0 Å². The smallest absolute Gasteiger partial charge is 0.147 e. The molecule has 0 spiro atoms. The Hall–Kier alpha value is -0.236. The first kappa shape index (κ1) is 13.2. The Balaban J connectivity index is 0.00000108. The molecule has 0 aromatic heterocycles. The Kier molecular flexibility index (Phi) is 4.02. The number of hydrogen-bond acceptors (Lipinski definition) is 0. The summed E-state index contributed by atoms with van der Waals surface area (Å²) in [6.45, 7) is 4.29. The molecule has 0 fully saturated rings. The molecule has 0 nitrogen and oxygen atoms in total. The van der Waals surface area contributed by atoms with Gasteiger partial charge in [-0.1, -0.05) is 47.5 Å². The third-order valence-electron chi connectivity index (χ3n) is 3.14. The molecule has 0 amide bonds. The van der Waals surface area contributed by atoms with Crippen molar-refractivity contribution < 1.29 is 49.4 Å². The average Bonchev–Trinajstić information content (AvgIpc) is 2.29. The first-order chi connectivity index (χ1) is 7.75. The Morgan fingerprint density at radius 2 is 1.76 bits per heavy atom. The molecule has 0 radical (unpaired) electrons. The monoisotopic (exact) mass is 358 g/mol. The fourth-order valence-electron chi connectivity index (χ4n) is 2.33. The minimum atomic E-state index is 0. The largest absolute Gasteiger partial charge is 3.00 e. The zero-order valence-corrected chi connectivity index (χ0v) is 12.3. The van der Waals surface area contributed by atoms with Crippen LogP contribution in [0.1, 0.15) is 11.1 Å². The first-order valence-corrected chi connectivity index (χ1v) is 5.56. The molecule has 0 heterocycles. The molecule has 0 atom stereocenters. The van der Waals surface area contributed by atoms with Gasteiger partial charge < -0.3 is 0 Å². The predicted octanol–water partition coefficient (Wildman–Crippen LogP) is 4.41. The molecular weight excluding hydrogens is 344 g/mol. The van der Waals surface area contributed by atoms with Gasteiger partial charge >= 0.3 is 49.4 Å². The third-order valence-corrected chi connectivity index (χ3v) is 3.14. The molecule has 3 aromatic rings. The van der Waals surface area contributed by atoms with Crippen molar-refractivity contribution in [1.82, 2.24) is 0 Å². The van der Waals surface area contributed by atoms with Gasteiger partial charge in [-0.15, -0.1) is 35.2 Å². The standard InChI is InChI=1S/C16H13.Eu/c1-11-6-9-15-14(10-11)8-7-13-5-3-4-12(2)16(13)15;/h3-4,6-10H,1-2H3;/q-1;+3. The van der Waals surface area contributed by atoms with Crippen molar-refractivity contribution in [3.05, 3.63) is 59.7 Å². The van der Waals surface area contributed by atoms with Gasteiger partial charge in [-0.3, -0.25) is 0 Å². The number of benzene rings is 3. The van der Waals surface area contributed by atoms with Gasteiger partial charge in [-0.2, -0.15) is 0 Å². The van der Waals surface area contributed by atoms with Crippen LogP contribution in [0.5, 0.6) is 0 Å². The summed E-state index contributed by atoms with van der Waals surface area (Å²) >= 11 is 0. The quantitative estimate of drug-likeness (QED) is 0.413. The van der Waals surface area contributed by atoms with Gasteiger partial charge in [0.05, 0.1) is 0 Å². The Morgan fingerprint density at radius 3 is 2.59 bits per heavy atom. The van der Waals surface area contributed by atoms with Gasteiger partial charge in [0.1, 0.15) is 0 Å². The Labute approximate surface area is 143 Å². The van der Waals surface area contributed by atoms with Gasteiger partial charge in [0.25, 0.3) is 0 Å². The normalized spacial score (nSPS) is 10.5. The summed E-state index contributed by atoms with van der Waals surface area (Å²) in [5.41, 5.74) is 2.63. The van der Waals surface area contributed by atoms with Crippen molar-refractivity contribution in [2.45, 2.75) is 13.8 Å². The summed E-state index contributed by atoms with van der Waals surface area (Å²) in [5, 5.41) is 5.18. The van der Waals surface area contributed by atoms with E-state index < -0.39 is 0 Å². The number of aryl methyl sites for hydroxylation is 2. The molecule has 0 N–H and O–H groups in total. The van der Waals surface area contributed by atoms with Gasteiger partial charge in [0.15, 0.2) is 0 Å². The van der Waals surface area contributed by atoms with Crippen molar-refractivity contribution in [2.24, 2.45) is 0 Å². The second-order valence-electron chi connectivity index (χ2n) is 4.37. The zero-order chi connectivity index (χ0) is 11.1. The SMILES string of the molecule is Cc1ccc2c(ccc3[c-]ccc(C)c32)c1.[Eu+3]. The topological polar surface area (TPSA) is 0 Å². The van der Waals surface area contributed by atoms with E-state index in [4.69, 9.17) is 0 Å². The molecule has 1 heteroatoms. The number of fused-ring (bicyclic) bond motifs is 3. The van der Waals surface area contributed by atoms with Crippen LogP contribution in [-0.2, 0) is 0 Å². The van der Waals surface area contributed by atoms with E-state index in [1.807, 2.05) is 6.07 Å². The summed E-state index contributed by atoms with van der Waals surface area (Å²) in [5.74, 6) is 0. The number of hydrogen-bond donors (Lipinski definition) is 0. The summed E-state index contributed by atoms with van der Waals surface area (Å²) in [6.07, 6.45) is 0. The second kappa shape index (κ2) is 5.18. The Bertz CT molecular complexity index is 683. The van der Waals surface area contributed by atoms with E-state index in [1.54, 1.807) is 0 Å². The van der Waals surface area contributed by atoms with E-state index in [1.165, 1.54) is 32.7 Å². The molecule has 0 saturated carbocycles. The van der Waals surface area contributed by atoms with Crippen molar-refractivity contribution in [1.29, 1.82) is 0 Å². The van der Waals surface area contributed by atoms with Gasteiger partial charge in [-0.05, 0) is 12.3 Å². The molecule has 3 rings (SSSR count). The summed E-state index contributed by atoms with van der Waals surface area (Å²) in [7, 11) is 0. The summed E-state index contributed by atoms with van der Waals surface area (Å²) in [4.78, 5) is 0. The number of rotatable bonds is 0. The molecular formula is C16H13Eu+2. The van der Waals surface area contributed by atoms with Gasteiger partial charge in [0.2, 0.25) is 0 Å². The van der Waals surface area contributed by atoms with Crippen molar-refractivity contribution in [3.63, 3.8) is 0 Å². The molecule has 0 aliphatic heterocycles. The molecule has 0 aliphatic carbocycles. The molecule has 0 unspecified atom stereocenters. The molecule has 0 aliphatic rings. The van der Waals surface area contributed by atoms with E-state index in [0.29, 0.717) is 0 Å². The Morgan fingerprint density at radius 1 is 0.941 bits per heavy atom. The van der Waals surface area contributed by atoms with Gasteiger partial charge in [-0.25, -0.2) is 0 Å². The van der Waals surface area contributed by atoms with Crippen LogP contribution in [-0.4, -0.2) is 0 Å².